The van der Waals surface area contributed by atoms with Gasteiger partial charge in [0.2, 0.25) is 0 Å². The molecule has 0 aliphatic rings. The zero-order valence-corrected chi connectivity index (χ0v) is 14.7. The molecule has 2 heteroatoms. The largest absolute Gasteiger partial charge is 0.496 e. The molecular formula is C20H26O2. The Balaban J connectivity index is 2.65. The van der Waals surface area contributed by atoms with Crippen LogP contribution < -0.4 is 9.47 Å². The van der Waals surface area contributed by atoms with E-state index in [0.29, 0.717) is 0 Å². The fraction of sp³-hybridized carbons (Fsp3) is 0.400. The summed E-state index contributed by atoms with van der Waals surface area (Å²) in [5.41, 5.74) is 7.28. The van der Waals surface area contributed by atoms with Crippen LogP contribution in [0.15, 0.2) is 24.3 Å². The first-order valence-corrected chi connectivity index (χ1v) is 7.69. The first-order valence-electron chi connectivity index (χ1n) is 7.69. The molecular weight excluding hydrogens is 272 g/mol. The minimum Gasteiger partial charge on any atom is -0.496 e. The highest BCUT2D eigenvalue weighted by Crippen LogP contribution is 2.40. The average molecular weight is 298 g/mol. The zero-order valence-electron chi connectivity index (χ0n) is 14.7. The molecule has 0 aromatic heterocycles. The Labute approximate surface area is 134 Å². The molecule has 0 aliphatic carbocycles. The number of benzene rings is 2. The van der Waals surface area contributed by atoms with Crippen LogP contribution in [0.1, 0.15) is 46.2 Å². The Hall–Kier alpha value is -1.96. The summed E-state index contributed by atoms with van der Waals surface area (Å²) in [5.74, 6) is 2.15. The van der Waals surface area contributed by atoms with E-state index < -0.39 is 0 Å². The standard InChI is InChI=1S/C20H26O2/c1-12-8-14(3)19(21-6)17(10-12)16(5)18-11-13(2)9-15(4)20(18)22-7/h8-11,16H,1-7H3. The Morgan fingerprint density at radius 2 is 1.05 bits per heavy atom. The van der Waals surface area contributed by atoms with Crippen molar-refractivity contribution in [1.29, 1.82) is 0 Å². The molecule has 0 unspecified atom stereocenters. The lowest BCUT2D eigenvalue weighted by atomic mass is 9.87. The molecule has 0 spiro atoms. The summed E-state index contributed by atoms with van der Waals surface area (Å²) in [5, 5.41) is 0. The molecule has 22 heavy (non-hydrogen) atoms. The van der Waals surface area contributed by atoms with E-state index in [-0.39, 0.29) is 5.92 Å². The highest BCUT2D eigenvalue weighted by atomic mass is 16.5. The lowest BCUT2D eigenvalue weighted by molar-refractivity contribution is 0.398. The van der Waals surface area contributed by atoms with Crippen LogP contribution in [0.3, 0.4) is 0 Å². The first-order chi connectivity index (χ1) is 10.4. The maximum atomic E-state index is 5.67. The van der Waals surface area contributed by atoms with Gasteiger partial charge in [0.25, 0.3) is 0 Å². The summed E-state index contributed by atoms with van der Waals surface area (Å²) >= 11 is 0. The molecule has 2 nitrogen and oxygen atoms in total. The van der Waals surface area contributed by atoms with E-state index in [2.05, 4.69) is 58.9 Å². The van der Waals surface area contributed by atoms with Gasteiger partial charge in [-0.25, -0.2) is 0 Å². The Bertz CT molecular complexity index is 627. The molecule has 0 N–H and O–H groups in total. The Morgan fingerprint density at radius 1 is 0.682 bits per heavy atom. The lowest BCUT2D eigenvalue weighted by Crippen LogP contribution is -2.05. The summed E-state index contributed by atoms with van der Waals surface area (Å²) in [7, 11) is 3.49. The quantitative estimate of drug-likeness (QED) is 0.782. The molecule has 0 saturated heterocycles. The van der Waals surface area contributed by atoms with Crippen molar-refractivity contribution in [1.82, 2.24) is 0 Å². The second-order valence-corrected chi connectivity index (χ2v) is 6.13. The summed E-state index contributed by atoms with van der Waals surface area (Å²) < 4.78 is 11.3. The third-order valence-corrected chi connectivity index (χ3v) is 4.24. The molecule has 0 bridgehead atoms. The maximum Gasteiger partial charge on any atom is 0.125 e. The number of ether oxygens (including phenoxy) is 2. The Morgan fingerprint density at radius 3 is 1.36 bits per heavy atom. The summed E-state index contributed by atoms with van der Waals surface area (Å²) in [6.45, 7) is 10.7. The summed E-state index contributed by atoms with van der Waals surface area (Å²) in [6.07, 6.45) is 0. The number of hydrogen-bond donors (Lipinski definition) is 0. The van der Waals surface area contributed by atoms with Crippen LogP contribution in [-0.4, -0.2) is 14.2 Å². The predicted octanol–water partition coefficient (Wildman–Crippen LogP) is 5.09. The van der Waals surface area contributed by atoms with Crippen molar-refractivity contribution in [2.24, 2.45) is 0 Å². The molecule has 2 rings (SSSR count). The van der Waals surface area contributed by atoms with Gasteiger partial charge in [-0.15, -0.1) is 0 Å². The topological polar surface area (TPSA) is 18.5 Å². The van der Waals surface area contributed by atoms with E-state index in [4.69, 9.17) is 9.47 Å². The van der Waals surface area contributed by atoms with Gasteiger partial charge in [0.15, 0.2) is 0 Å². The van der Waals surface area contributed by atoms with Crippen molar-refractivity contribution in [2.45, 2.75) is 40.5 Å². The number of aryl methyl sites for hydroxylation is 4. The van der Waals surface area contributed by atoms with E-state index >= 15 is 0 Å². The molecule has 0 aliphatic heterocycles. The average Bonchev–Trinajstić information content (AvgIpc) is 2.45. The second kappa shape index (κ2) is 6.43. The minimum atomic E-state index is 0.210. The number of hydrogen-bond acceptors (Lipinski definition) is 2. The van der Waals surface area contributed by atoms with Crippen LogP contribution in [0.2, 0.25) is 0 Å². The molecule has 0 radical (unpaired) electrons. The zero-order chi connectivity index (χ0) is 16.4. The molecule has 118 valence electrons. The fourth-order valence-electron chi connectivity index (χ4n) is 3.34. The van der Waals surface area contributed by atoms with Crippen molar-refractivity contribution in [2.75, 3.05) is 14.2 Å². The van der Waals surface area contributed by atoms with Crippen LogP contribution in [0.25, 0.3) is 0 Å². The maximum absolute atomic E-state index is 5.67. The third kappa shape index (κ3) is 2.96. The van der Waals surface area contributed by atoms with Crippen molar-refractivity contribution in [3.63, 3.8) is 0 Å². The lowest BCUT2D eigenvalue weighted by Gasteiger charge is -2.22. The van der Waals surface area contributed by atoms with E-state index in [9.17, 15) is 0 Å². The minimum absolute atomic E-state index is 0.210. The monoisotopic (exact) mass is 298 g/mol. The van der Waals surface area contributed by atoms with Gasteiger partial charge >= 0.3 is 0 Å². The van der Waals surface area contributed by atoms with E-state index in [1.807, 2.05) is 0 Å². The summed E-state index contributed by atoms with van der Waals surface area (Å²) in [6, 6.07) is 8.75. The van der Waals surface area contributed by atoms with Gasteiger partial charge < -0.3 is 9.47 Å². The first kappa shape index (κ1) is 16.4. The van der Waals surface area contributed by atoms with Crippen LogP contribution in [0.5, 0.6) is 11.5 Å². The molecule has 0 amide bonds. The Kier molecular flexibility index (Phi) is 4.80. The molecule has 0 atom stereocenters. The summed E-state index contributed by atoms with van der Waals surface area (Å²) in [4.78, 5) is 0. The predicted molar refractivity (Wildman–Crippen MR) is 92.5 cm³/mol. The fourth-order valence-corrected chi connectivity index (χ4v) is 3.34. The van der Waals surface area contributed by atoms with Gasteiger partial charge in [0.1, 0.15) is 11.5 Å². The van der Waals surface area contributed by atoms with Gasteiger partial charge in [-0.05, 0) is 38.8 Å². The van der Waals surface area contributed by atoms with Crippen LogP contribution in [0.4, 0.5) is 0 Å². The highest BCUT2D eigenvalue weighted by Gasteiger charge is 2.20. The molecule has 0 heterocycles. The van der Waals surface area contributed by atoms with Crippen molar-refractivity contribution < 1.29 is 9.47 Å². The van der Waals surface area contributed by atoms with Crippen LogP contribution >= 0.6 is 0 Å². The second-order valence-electron chi connectivity index (χ2n) is 6.13. The third-order valence-electron chi connectivity index (χ3n) is 4.24. The SMILES string of the molecule is COc1c(C)cc(C)cc1C(C)c1cc(C)cc(C)c1OC. The molecule has 0 fully saturated rings. The van der Waals surface area contributed by atoms with Crippen molar-refractivity contribution >= 4 is 0 Å². The van der Waals surface area contributed by atoms with Gasteiger partial charge in [-0.1, -0.05) is 42.3 Å². The number of rotatable bonds is 4. The van der Waals surface area contributed by atoms with Gasteiger partial charge in [-0.3, -0.25) is 0 Å². The molecule has 2 aromatic rings. The smallest absolute Gasteiger partial charge is 0.125 e. The van der Waals surface area contributed by atoms with Gasteiger partial charge in [0.05, 0.1) is 14.2 Å². The normalized spacial score (nSPS) is 10.9. The van der Waals surface area contributed by atoms with E-state index in [1.54, 1.807) is 14.2 Å². The van der Waals surface area contributed by atoms with Gasteiger partial charge in [0, 0.05) is 17.0 Å². The van der Waals surface area contributed by atoms with Crippen LogP contribution in [0, 0.1) is 27.7 Å². The van der Waals surface area contributed by atoms with E-state index in [1.165, 1.54) is 33.4 Å². The van der Waals surface area contributed by atoms with Crippen molar-refractivity contribution in [3.8, 4) is 11.5 Å². The van der Waals surface area contributed by atoms with Crippen LogP contribution in [-0.2, 0) is 0 Å². The van der Waals surface area contributed by atoms with E-state index in [0.717, 1.165) is 11.5 Å². The molecule has 0 saturated carbocycles. The van der Waals surface area contributed by atoms with Crippen molar-refractivity contribution in [3.05, 3.63) is 57.6 Å². The molecule has 2 aromatic carbocycles. The number of methoxy groups -OCH3 is 2. The van der Waals surface area contributed by atoms with Gasteiger partial charge in [-0.2, -0.15) is 0 Å². The highest BCUT2D eigenvalue weighted by molar-refractivity contribution is 5.53.